The first-order valence-corrected chi connectivity index (χ1v) is 8.70. The lowest BCUT2D eigenvalue weighted by molar-refractivity contribution is -0.120. The van der Waals surface area contributed by atoms with Gasteiger partial charge in [-0.3, -0.25) is 9.59 Å². The highest BCUT2D eigenvalue weighted by molar-refractivity contribution is 5.92. The van der Waals surface area contributed by atoms with Gasteiger partial charge in [-0.15, -0.1) is 0 Å². The maximum absolute atomic E-state index is 12.1. The van der Waals surface area contributed by atoms with Crippen LogP contribution in [-0.2, 0) is 9.59 Å². The lowest BCUT2D eigenvalue weighted by atomic mass is 10.1. The fraction of sp³-hybridized carbons (Fsp3) is 0.238. The van der Waals surface area contributed by atoms with Crippen LogP contribution < -0.4 is 20.5 Å². The number of rotatable bonds is 9. The van der Waals surface area contributed by atoms with Crippen molar-refractivity contribution in [3.8, 4) is 11.5 Å². The first kappa shape index (κ1) is 20.0. The van der Waals surface area contributed by atoms with E-state index in [0.29, 0.717) is 12.4 Å². The molecule has 27 heavy (non-hydrogen) atoms. The highest BCUT2D eigenvalue weighted by Gasteiger charge is 2.07. The zero-order valence-corrected chi connectivity index (χ0v) is 15.5. The van der Waals surface area contributed by atoms with Crippen molar-refractivity contribution in [2.45, 2.75) is 19.9 Å². The van der Waals surface area contributed by atoms with Gasteiger partial charge in [0.15, 0.2) is 6.61 Å². The number of primary amides is 1. The Labute approximate surface area is 159 Å². The predicted molar refractivity (Wildman–Crippen MR) is 104 cm³/mol. The Morgan fingerprint density at radius 2 is 1.63 bits per heavy atom. The second-order valence-corrected chi connectivity index (χ2v) is 5.89. The van der Waals surface area contributed by atoms with E-state index in [1.54, 1.807) is 30.3 Å². The third-order valence-electron chi connectivity index (χ3n) is 3.74. The number of ether oxygens (including phenoxy) is 2. The largest absolute Gasteiger partial charge is 0.494 e. The molecule has 2 aromatic rings. The molecule has 0 aliphatic rings. The van der Waals surface area contributed by atoms with Crippen molar-refractivity contribution >= 4 is 17.9 Å². The van der Waals surface area contributed by atoms with Crippen LogP contribution in [0.1, 0.15) is 31.0 Å². The van der Waals surface area contributed by atoms with Crippen molar-refractivity contribution < 1.29 is 19.1 Å². The minimum atomic E-state index is -0.530. The summed E-state index contributed by atoms with van der Waals surface area (Å²) in [6.07, 6.45) is 3.18. The number of amides is 2. The standard InChI is InChI=1S/C21H24N2O4/c1-3-26-18-11-7-17(8-12-18)15(2)23-21(25)13-6-16-4-9-19(10-5-16)27-14-20(22)24/h4-13,15H,3,14H2,1-2H3,(H2,22,24)(H,23,25)/b13-6+. The number of hydrogen-bond donors (Lipinski definition) is 2. The summed E-state index contributed by atoms with van der Waals surface area (Å²) in [5.41, 5.74) is 6.86. The fourth-order valence-corrected chi connectivity index (χ4v) is 2.37. The Hall–Kier alpha value is -3.28. The van der Waals surface area contributed by atoms with Crippen LogP contribution in [-0.4, -0.2) is 25.0 Å². The van der Waals surface area contributed by atoms with Gasteiger partial charge < -0.3 is 20.5 Å². The van der Waals surface area contributed by atoms with E-state index in [1.165, 1.54) is 6.08 Å². The van der Waals surface area contributed by atoms with Crippen LogP contribution in [0.25, 0.3) is 6.08 Å². The highest BCUT2D eigenvalue weighted by Crippen LogP contribution is 2.18. The molecule has 0 saturated heterocycles. The molecular formula is C21H24N2O4. The van der Waals surface area contributed by atoms with Crippen molar-refractivity contribution in [2.24, 2.45) is 5.73 Å². The van der Waals surface area contributed by atoms with Gasteiger partial charge in [0.05, 0.1) is 12.6 Å². The monoisotopic (exact) mass is 368 g/mol. The summed E-state index contributed by atoms with van der Waals surface area (Å²) in [5, 5.41) is 2.92. The molecule has 0 fully saturated rings. The SMILES string of the molecule is CCOc1ccc(C(C)NC(=O)/C=C/c2ccc(OCC(N)=O)cc2)cc1. The Bertz CT molecular complexity index is 783. The summed E-state index contributed by atoms with van der Waals surface area (Å²) >= 11 is 0. The molecule has 0 heterocycles. The molecule has 2 rings (SSSR count). The van der Waals surface area contributed by atoms with Crippen LogP contribution in [0.4, 0.5) is 0 Å². The number of carbonyl (C=O) groups excluding carboxylic acids is 2. The van der Waals surface area contributed by atoms with Crippen molar-refractivity contribution in [2.75, 3.05) is 13.2 Å². The van der Waals surface area contributed by atoms with Gasteiger partial charge in [-0.05, 0) is 55.3 Å². The van der Waals surface area contributed by atoms with E-state index in [1.807, 2.05) is 38.1 Å². The molecule has 3 N–H and O–H groups in total. The second-order valence-electron chi connectivity index (χ2n) is 5.89. The molecule has 0 aliphatic carbocycles. The molecule has 2 amide bonds. The molecular weight excluding hydrogens is 344 g/mol. The van der Waals surface area contributed by atoms with Crippen LogP contribution in [0, 0.1) is 0 Å². The second kappa shape index (κ2) is 10.0. The van der Waals surface area contributed by atoms with Gasteiger partial charge in [-0.2, -0.15) is 0 Å². The topological polar surface area (TPSA) is 90.7 Å². The number of carbonyl (C=O) groups is 2. The molecule has 0 saturated carbocycles. The zero-order chi connectivity index (χ0) is 19.6. The maximum Gasteiger partial charge on any atom is 0.255 e. The molecule has 0 spiro atoms. The number of nitrogens with two attached hydrogens (primary N) is 1. The van der Waals surface area contributed by atoms with Gasteiger partial charge in [-0.1, -0.05) is 24.3 Å². The van der Waals surface area contributed by atoms with Crippen LogP contribution in [0.5, 0.6) is 11.5 Å². The van der Waals surface area contributed by atoms with Crippen molar-refractivity contribution in [1.82, 2.24) is 5.32 Å². The Morgan fingerprint density at radius 1 is 1.04 bits per heavy atom. The molecule has 0 bridgehead atoms. The Morgan fingerprint density at radius 3 is 2.22 bits per heavy atom. The summed E-state index contributed by atoms with van der Waals surface area (Å²) in [6, 6.07) is 14.5. The van der Waals surface area contributed by atoms with E-state index in [-0.39, 0.29) is 18.6 Å². The van der Waals surface area contributed by atoms with Crippen LogP contribution >= 0.6 is 0 Å². The van der Waals surface area contributed by atoms with Gasteiger partial charge in [0.2, 0.25) is 5.91 Å². The molecule has 0 aromatic heterocycles. The third kappa shape index (κ3) is 6.86. The van der Waals surface area contributed by atoms with Crippen molar-refractivity contribution in [1.29, 1.82) is 0 Å². The zero-order valence-electron chi connectivity index (χ0n) is 15.5. The summed E-state index contributed by atoms with van der Waals surface area (Å²) in [6.45, 7) is 4.31. The lowest BCUT2D eigenvalue weighted by Crippen LogP contribution is -2.24. The average molecular weight is 368 g/mol. The first-order valence-electron chi connectivity index (χ1n) is 8.70. The number of hydrogen-bond acceptors (Lipinski definition) is 4. The van der Waals surface area contributed by atoms with Gasteiger partial charge in [0.1, 0.15) is 11.5 Å². The van der Waals surface area contributed by atoms with E-state index < -0.39 is 5.91 Å². The van der Waals surface area contributed by atoms with Crippen LogP contribution in [0.15, 0.2) is 54.6 Å². The number of benzene rings is 2. The van der Waals surface area contributed by atoms with Crippen molar-refractivity contribution in [3.05, 3.63) is 65.7 Å². The normalized spacial score (nSPS) is 11.8. The minimum absolute atomic E-state index is 0.123. The summed E-state index contributed by atoms with van der Waals surface area (Å²) in [5.74, 6) is 0.630. The molecule has 0 aliphatic heterocycles. The molecule has 6 nitrogen and oxygen atoms in total. The molecule has 2 aromatic carbocycles. The quantitative estimate of drug-likeness (QED) is 0.666. The number of nitrogens with one attached hydrogen (secondary N) is 1. The van der Waals surface area contributed by atoms with Crippen LogP contribution in [0.2, 0.25) is 0 Å². The molecule has 142 valence electrons. The van der Waals surface area contributed by atoms with Gasteiger partial charge in [0, 0.05) is 6.08 Å². The summed E-state index contributed by atoms with van der Waals surface area (Å²) < 4.78 is 10.6. The average Bonchev–Trinajstić information content (AvgIpc) is 2.66. The fourth-order valence-electron chi connectivity index (χ4n) is 2.37. The van der Waals surface area contributed by atoms with E-state index in [0.717, 1.165) is 16.9 Å². The van der Waals surface area contributed by atoms with Crippen molar-refractivity contribution in [3.63, 3.8) is 0 Å². The smallest absolute Gasteiger partial charge is 0.255 e. The van der Waals surface area contributed by atoms with E-state index >= 15 is 0 Å². The molecule has 1 unspecified atom stereocenters. The summed E-state index contributed by atoms with van der Waals surface area (Å²) in [4.78, 5) is 22.8. The van der Waals surface area contributed by atoms with E-state index in [9.17, 15) is 9.59 Å². The van der Waals surface area contributed by atoms with Gasteiger partial charge >= 0.3 is 0 Å². The Kier molecular flexibility index (Phi) is 7.43. The van der Waals surface area contributed by atoms with E-state index in [4.69, 9.17) is 15.2 Å². The maximum atomic E-state index is 12.1. The van der Waals surface area contributed by atoms with Gasteiger partial charge in [0.25, 0.3) is 5.91 Å². The molecule has 6 heteroatoms. The highest BCUT2D eigenvalue weighted by atomic mass is 16.5. The summed E-state index contributed by atoms with van der Waals surface area (Å²) in [7, 11) is 0. The predicted octanol–water partition coefficient (Wildman–Crippen LogP) is 2.84. The minimum Gasteiger partial charge on any atom is -0.494 e. The first-order chi connectivity index (χ1) is 13.0. The van der Waals surface area contributed by atoms with E-state index in [2.05, 4.69) is 5.32 Å². The molecule has 1 atom stereocenters. The van der Waals surface area contributed by atoms with Gasteiger partial charge in [-0.25, -0.2) is 0 Å². The lowest BCUT2D eigenvalue weighted by Gasteiger charge is -2.13. The third-order valence-corrected chi connectivity index (χ3v) is 3.74. The van der Waals surface area contributed by atoms with Crippen LogP contribution in [0.3, 0.4) is 0 Å². The molecule has 0 radical (unpaired) electrons. The Balaban J connectivity index is 1.87.